The van der Waals surface area contributed by atoms with Gasteiger partial charge in [0.05, 0.1) is 0 Å². The summed E-state index contributed by atoms with van der Waals surface area (Å²) in [7, 11) is 0. The number of carboxylic acids is 1. The molecule has 0 fully saturated rings. The van der Waals surface area contributed by atoms with Gasteiger partial charge >= 0.3 is 5.97 Å². The lowest BCUT2D eigenvalue weighted by molar-refractivity contribution is -0.138. The molecule has 0 saturated carbocycles. The first kappa shape index (κ1) is 7.78. The van der Waals surface area contributed by atoms with Crippen molar-refractivity contribution in [2.24, 2.45) is 4.99 Å². The third-order valence-electron chi connectivity index (χ3n) is 1.31. The molecule has 4 heteroatoms. The number of aliphatic imine (C=N–C) groups is 1. The van der Waals surface area contributed by atoms with Crippen LogP contribution in [0.5, 0.6) is 0 Å². The number of hydrogen-bond donors (Lipinski definition) is 1. The van der Waals surface area contributed by atoms with Crippen LogP contribution in [0.3, 0.4) is 0 Å². The lowest BCUT2D eigenvalue weighted by Crippen LogP contribution is -2.18. The predicted octanol–water partition coefficient (Wildman–Crippen LogP) is 0.444. The molecule has 1 atom stereocenters. The molecular weight excluding hydrogens is 146 g/mol. The maximum absolute atomic E-state index is 10.3. The molecule has 0 aromatic heterocycles. The second-order valence-electron chi connectivity index (χ2n) is 2.18. The van der Waals surface area contributed by atoms with Crippen molar-refractivity contribution in [2.75, 3.05) is 6.61 Å². The highest BCUT2D eigenvalue weighted by molar-refractivity contribution is 5.85. The first-order chi connectivity index (χ1) is 5.24. The second-order valence-corrected chi connectivity index (χ2v) is 2.18. The molecule has 0 bridgehead atoms. The summed E-state index contributed by atoms with van der Waals surface area (Å²) in [6, 6.07) is -0.718. The molecule has 0 saturated heterocycles. The molecular formula is C7H9NO3. The number of ether oxygens (including phenoxy) is 1. The van der Waals surface area contributed by atoms with E-state index in [0.29, 0.717) is 12.3 Å². The number of hydrogen-bond acceptors (Lipinski definition) is 3. The van der Waals surface area contributed by atoms with Crippen molar-refractivity contribution < 1.29 is 14.6 Å². The van der Waals surface area contributed by atoms with Gasteiger partial charge in [-0.25, -0.2) is 9.79 Å². The van der Waals surface area contributed by atoms with Crippen LogP contribution in [0.4, 0.5) is 0 Å². The Morgan fingerprint density at radius 1 is 2.00 bits per heavy atom. The van der Waals surface area contributed by atoms with Crippen molar-refractivity contribution in [3.63, 3.8) is 0 Å². The third-order valence-corrected chi connectivity index (χ3v) is 1.31. The average molecular weight is 155 g/mol. The Bertz CT molecular complexity index is 210. The minimum Gasteiger partial charge on any atom is -0.480 e. The Morgan fingerprint density at radius 3 is 3.18 bits per heavy atom. The molecule has 60 valence electrons. The van der Waals surface area contributed by atoms with E-state index < -0.39 is 12.0 Å². The maximum Gasteiger partial charge on any atom is 0.332 e. The van der Waals surface area contributed by atoms with Gasteiger partial charge in [-0.3, -0.25) is 0 Å². The lowest BCUT2D eigenvalue weighted by atomic mass is 10.3. The Labute approximate surface area is 64.2 Å². The molecule has 0 aliphatic carbocycles. The zero-order chi connectivity index (χ0) is 8.27. The van der Waals surface area contributed by atoms with Gasteiger partial charge in [-0.15, -0.1) is 6.58 Å². The minimum atomic E-state index is -0.941. The zero-order valence-corrected chi connectivity index (χ0v) is 5.99. The molecule has 1 heterocycles. The monoisotopic (exact) mass is 155 g/mol. The molecule has 1 aliphatic rings. The van der Waals surface area contributed by atoms with Crippen molar-refractivity contribution in [1.29, 1.82) is 0 Å². The predicted molar refractivity (Wildman–Crippen MR) is 39.6 cm³/mol. The Kier molecular flexibility index (Phi) is 2.25. The number of aliphatic carboxylic acids is 1. The van der Waals surface area contributed by atoms with Crippen molar-refractivity contribution >= 4 is 11.9 Å². The van der Waals surface area contributed by atoms with Crippen LogP contribution in [0.1, 0.15) is 6.42 Å². The maximum atomic E-state index is 10.3. The van der Waals surface area contributed by atoms with Gasteiger partial charge in [-0.05, 0) is 0 Å². The van der Waals surface area contributed by atoms with Gasteiger partial charge in [0.25, 0.3) is 0 Å². The molecule has 1 aliphatic heterocycles. The van der Waals surface area contributed by atoms with E-state index in [0.717, 1.165) is 0 Å². The Hall–Kier alpha value is -1.32. The number of nitrogens with zero attached hydrogens (tertiary/aromatic N) is 1. The summed E-state index contributed by atoms with van der Waals surface area (Å²) >= 11 is 0. The molecule has 1 N–H and O–H groups in total. The fraction of sp³-hybridized carbons (Fsp3) is 0.429. The molecule has 0 aromatic carbocycles. The number of rotatable bonds is 3. The molecule has 0 radical (unpaired) electrons. The summed E-state index contributed by atoms with van der Waals surface area (Å²) in [6.07, 6.45) is 2.13. The number of carboxylic acid groups (broad SMARTS) is 1. The highest BCUT2D eigenvalue weighted by atomic mass is 16.5. The topological polar surface area (TPSA) is 58.9 Å². The lowest BCUT2D eigenvalue weighted by Gasteiger charge is -1.95. The third kappa shape index (κ3) is 1.80. The van der Waals surface area contributed by atoms with Gasteiger partial charge in [0.15, 0.2) is 11.9 Å². The molecule has 0 amide bonds. The standard InChI is InChI=1S/C7H9NO3/c1-2-3-6-8-5(4-11-6)7(9)10/h2,5H,1,3-4H2,(H,9,10). The van der Waals surface area contributed by atoms with Crippen molar-refractivity contribution in [2.45, 2.75) is 12.5 Å². The summed E-state index contributed by atoms with van der Waals surface area (Å²) in [5.41, 5.74) is 0. The van der Waals surface area contributed by atoms with Gasteiger partial charge in [0.2, 0.25) is 0 Å². The highest BCUT2D eigenvalue weighted by Gasteiger charge is 2.23. The van der Waals surface area contributed by atoms with Crippen molar-refractivity contribution in [3.05, 3.63) is 12.7 Å². The Morgan fingerprint density at radius 2 is 2.73 bits per heavy atom. The van der Waals surface area contributed by atoms with Crippen LogP contribution in [-0.4, -0.2) is 29.6 Å². The molecule has 0 spiro atoms. The van der Waals surface area contributed by atoms with Crippen LogP contribution in [0.15, 0.2) is 17.6 Å². The fourth-order valence-electron chi connectivity index (χ4n) is 0.785. The van der Waals surface area contributed by atoms with Crippen molar-refractivity contribution in [1.82, 2.24) is 0 Å². The van der Waals surface area contributed by atoms with E-state index in [9.17, 15) is 4.79 Å². The van der Waals surface area contributed by atoms with E-state index in [2.05, 4.69) is 11.6 Å². The van der Waals surface area contributed by atoms with E-state index in [1.165, 1.54) is 0 Å². The Balaban J connectivity index is 2.53. The average Bonchev–Trinajstić information content (AvgIpc) is 2.37. The van der Waals surface area contributed by atoms with Crippen LogP contribution < -0.4 is 0 Å². The molecule has 1 rings (SSSR count). The van der Waals surface area contributed by atoms with Gasteiger partial charge in [-0.2, -0.15) is 0 Å². The highest BCUT2D eigenvalue weighted by Crippen LogP contribution is 2.06. The van der Waals surface area contributed by atoms with Crippen molar-refractivity contribution in [3.8, 4) is 0 Å². The summed E-state index contributed by atoms with van der Waals surface area (Å²) in [5.74, 6) is -0.475. The summed E-state index contributed by atoms with van der Waals surface area (Å²) in [5, 5.41) is 8.49. The van der Waals surface area contributed by atoms with Gasteiger partial charge in [0, 0.05) is 6.42 Å². The molecule has 4 nitrogen and oxygen atoms in total. The SMILES string of the molecule is C=CCC1=NC(C(=O)O)CO1. The smallest absolute Gasteiger partial charge is 0.332 e. The summed E-state index contributed by atoms with van der Waals surface area (Å²) < 4.78 is 4.97. The van der Waals surface area contributed by atoms with Crippen LogP contribution in [0.25, 0.3) is 0 Å². The normalized spacial score (nSPS) is 22.2. The van der Waals surface area contributed by atoms with E-state index in [1.54, 1.807) is 6.08 Å². The van der Waals surface area contributed by atoms with Gasteiger partial charge in [0.1, 0.15) is 6.61 Å². The first-order valence-corrected chi connectivity index (χ1v) is 3.27. The molecule has 0 aromatic rings. The second kappa shape index (κ2) is 3.18. The van der Waals surface area contributed by atoms with Crippen LogP contribution in [0, 0.1) is 0 Å². The van der Waals surface area contributed by atoms with E-state index in [1.807, 2.05) is 0 Å². The first-order valence-electron chi connectivity index (χ1n) is 3.27. The largest absolute Gasteiger partial charge is 0.480 e. The summed E-state index contributed by atoms with van der Waals surface area (Å²) in [4.78, 5) is 14.1. The minimum absolute atomic E-state index is 0.151. The number of carbonyl (C=O) groups is 1. The van der Waals surface area contributed by atoms with Gasteiger partial charge in [-0.1, -0.05) is 6.08 Å². The fourth-order valence-corrected chi connectivity index (χ4v) is 0.785. The van der Waals surface area contributed by atoms with Crippen LogP contribution in [0.2, 0.25) is 0 Å². The zero-order valence-electron chi connectivity index (χ0n) is 5.99. The summed E-state index contributed by atoms with van der Waals surface area (Å²) in [6.45, 7) is 3.64. The quantitative estimate of drug-likeness (QED) is 0.602. The van der Waals surface area contributed by atoms with Gasteiger partial charge < -0.3 is 9.84 Å². The molecule has 11 heavy (non-hydrogen) atoms. The van der Waals surface area contributed by atoms with E-state index >= 15 is 0 Å². The van der Waals surface area contributed by atoms with Crippen LogP contribution in [-0.2, 0) is 9.53 Å². The molecule has 1 unspecified atom stereocenters. The van der Waals surface area contributed by atoms with E-state index in [4.69, 9.17) is 9.84 Å². The van der Waals surface area contributed by atoms with Crippen LogP contribution >= 0.6 is 0 Å². The van der Waals surface area contributed by atoms with E-state index in [-0.39, 0.29) is 6.61 Å².